The van der Waals surface area contributed by atoms with Gasteiger partial charge < -0.3 is 9.88 Å². The van der Waals surface area contributed by atoms with E-state index in [0.29, 0.717) is 12.3 Å². The van der Waals surface area contributed by atoms with Crippen LogP contribution in [-0.4, -0.2) is 37.1 Å². The van der Waals surface area contributed by atoms with Crippen LogP contribution in [0.4, 0.5) is 5.69 Å². The summed E-state index contributed by atoms with van der Waals surface area (Å²) in [6.07, 6.45) is 4.75. The molecule has 1 atom stereocenters. The van der Waals surface area contributed by atoms with Crippen LogP contribution in [0.3, 0.4) is 0 Å². The minimum Gasteiger partial charge on any atom is -0.361 e. The molecule has 7 nitrogen and oxygen atoms in total. The molecule has 4 aromatic rings. The highest BCUT2D eigenvalue weighted by Gasteiger charge is 2.23. The summed E-state index contributed by atoms with van der Waals surface area (Å²) in [6, 6.07) is 16.0. The highest BCUT2D eigenvalue weighted by atomic mass is 16.2. The van der Waals surface area contributed by atoms with Gasteiger partial charge in [-0.15, -0.1) is 5.10 Å². The number of rotatable bonds is 7. The topological polar surface area (TPSA) is 79.7 Å². The number of tetrazole rings is 1. The number of aromatic nitrogens is 5. The van der Waals surface area contributed by atoms with Crippen molar-refractivity contribution < 1.29 is 4.79 Å². The van der Waals surface area contributed by atoms with Crippen LogP contribution in [0.5, 0.6) is 0 Å². The Morgan fingerprint density at radius 1 is 1.10 bits per heavy atom. The minimum atomic E-state index is 0.0909. The van der Waals surface area contributed by atoms with E-state index in [1.165, 1.54) is 0 Å². The van der Waals surface area contributed by atoms with Gasteiger partial charge in [-0.05, 0) is 71.7 Å². The van der Waals surface area contributed by atoms with Crippen molar-refractivity contribution >= 4 is 22.5 Å². The van der Waals surface area contributed by atoms with Gasteiger partial charge in [0.05, 0.1) is 12.1 Å². The molecule has 30 heavy (non-hydrogen) atoms. The zero-order chi connectivity index (χ0) is 21.1. The van der Waals surface area contributed by atoms with E-state index in [-0.39, 0.29) is 11.9 Å². The van der Waals surface area contributed by atoms with Crippen LogP contribution in [0.15, 0.2) is 61.1 Å². The number of H-pyrrole nitrogens is 1. The highest BCUT2D eigenvalue weighted by molar-refractivity contribution is 5.97. The first kappa shape index (κ1) is 19.8. The van der Waals surface area contributed by atoms with Gasteiger partial charge in [0.25, 0.3) is 0 Å². The smallest absolute Gasteiger partial charge is 0.231 e. The zero-order valence-electron chi connectivity index (χ0n) is 17.5. The summed E-state index contributed by atoms with van der Waals surface area (Å²) < 4.78 is 1.59. The minimum absolute atomic E-state index is 0.0909. The van der Waals surface area contributed by atoms with Crippen LogP contribution < -0.4 is 4.90 Å². The Kier molecular flexibility index (Phi) is 5.61. The molecule has 7 heteroatoms. The quantitative estimate of drug-likeness (QED) is 0.503. The van der Waals surface area contributed by atoms with Gasteiger partial charge in [-0.2, -0.15) is 0 Å². The molecule has 2 heterocycles. The predicted octanol–water partition coefficient (Wildman–Crippen LogP) is 4.15. The average molecular weight is 403 g/mol. The predicted molar refractivity (Wildman–Crippen MR) is 118 cm³/mol. The second-order valence-corrected chi connectivity index (χ2v) is 8.09. The monoisotopic (exact) mass is 402 g/mol. The second kappa shape index (κ2) is 8.49. The fourth-order valence-electron chi connectivity index (χ4n) is 3.93. The van der Waals surface area contributed by atoms with Crippen LogP contribution in [0.25, 0.3) is 16.6 Å². The van der Waals surface area contributed by atoms with Gasteiger partial charge in [0.15, 0.2) is 0 Å². The molecule has 0 saturated carbocycles. The molecular formula is C23H26N6O. The summed E-state index contributed by atoms with van der Waals surface area (Å²) in [7, 11) is 0. The standard InChI is InChI=1S/C23H26N6O/c1-16(2)12-17(3)29(21-8-9-22-19(14-21)10-11-24-22)23(30)13-18-4-6-20(7-5-18)28-15-25-26-27-28/h4-11,14-17,24H,12-13H2,1-3H3/t17-/m1/s1. The maximum absolute atomic E-state index is 13.4. The molecule has 0 aliphatic rings. The lowest BCUT2D eigenvalue weighted by molar-refractivity contribution is -0.118. The summed E-state index contributed by atoms with van der Waals surface area (Å²) in [5.41, 5.74) is 3.83. The Balaban J connectivity index is 1.58. The van der Waals surface area contributed by atoms with Crippen LogP contribution in [0, 0.1) is 5.92 Å². The Labute approximate surface area is 175 Å². The summed E-state index contributed by atoms with van der Waals surface area (Å²) in [4.78, 5) is 18.6. The van der Waals surface area contributed by atoms with Gasteiger partial charge in [-0.1, -0.05) is 26.0 Å². The molecule has 2 aromatic carbocycles. The molecule has 0 spiro atoms. The van der Waals surface area contributed by atoms with Crippen molar-refractivity contribution in [2.24, 2.45) is 5.92 Å². The van der Waals surface area contributed by atoms with Crippen molar-refractivity contribution in [3.63, 3.8) is 0 Å². The van der Waals surface area contributed by atoms with Gasteiger partial charge in [0.2, 0.25) is 5.91 Å². The number of benzene rings is 2. The molecule has 4 rings (SSSR count). The molecule has 0 aliphatic heterocycles. The first-order valence-corrected chi connectivity index (χ1v) is 10.2. The van der Waals surface area contributed by atoms with E-state index in [1.54, 1.807) is 11.0 Å². The molecule has 1 N–H and O–H groups in total. The normalized spacial score (nSPS) is 12.4. The molecule has 0 radical (unpaired) electrons. The number of hydrogen-bond acceptors (Lipinski definition) is 4. The number of carbonyl (C=O) groups is 1. The Morgan fingerprint density at radius 2 is 1.90 bits per heavy atom. The lowest BCUT2D eigenvalue weighted by atomic mass is 10.0. The van der Waals surface area contributed by atoms with Gasteiger partial charge in [0.1, 0.15) is 6.33 Å². The van der Waals surface area contributed by atoms with E-state index in [2.05, 4.69) is 47.3 Å². The number of aromatic amines is 1. The van der Waals surface area contributed by atoms with Gasteiger partial charge in [-0.3, -0.25) is 4.79 Å². The van der Waals surface area contributed by atoms with Crippen molar-refractivity contribution in [1.29, 1.82) is 0 Å². The zero-order valence-corrected chi connectivity index (χ0v) is 17.5. The second-order valence-electron chi connectivity index (χ2n) is 8.09. The molecule has 2 aromatic heterocycles. The molecule has 0 bridgehead atoms. The van der Waals surface area contributed by atoms with Crippen LogP contribution in [0.1, 0.15) is 32.8 Å². The maximum Gasteiger partial charge on any atom is 0.231 e. The van der Waals surface area contributed by atoms with E-state index in [4.69, 9.17) is 0 Å². The Morgan fingerprint density at radius 3 is 2.60 bits per heavy atom. The Bertz CT molecular complexity index is 1110. The van der Waals surface area contributed by atoms with Gasteiger partial charge in [-0.25, -0.2) is 4.68 Å². The van der Waals surface area contributed by atoms with Gasteiger partial charge >= 0.3 is 0 Å². The van der Waals surface area contributed by atoms with E-state index in [0.717, 1.165) is 34.3 Å². The summed E-state index contributed by atoms with van der Waals surface area (Å²) in [5, 5.41) is 12.3. The number of carbonyl (C=O) groups excluding carboxylic acids is 1. The van der Waals surface area contributed by atoms with E-state index >= 15 is 0 Å². The number of fused-ring (bicyclic) bond motifs is 1. The number of amides is 1. The number of nitrogens with one attached hydrogen (secondary N) is 1. The summed E-state index contributed by atoms with van der Waals surface area (Å²) in [5.74, 6) is 0.593. The Hall–Kier alpha value is -3.48. The fourth-order valence-corrected chi connectivity index (χ4v) is 3.93. The van der Waals surface area contributed by atoms with Crippen molar-refractivity contribution in [2.45, 2.75) is 39.7 Å². The summed E-state index contributed by atoms with van der Waals surface area (Å²) in [6.45, 7) is 6.50. The molecule has 0 unspecified atom stereocenters. The van der Waals surface area contributed by atoms with E-state index in [1.807, 2.05) is 53.6 Å². The molecule has 0 fully saturated rings. The maximum atomic E-state index is 13.4. The van der Waals surface area contributed by atoms with Gasteiger partial charge in [0, 0.05) is 28.8 Å². The van der Waals surface area contributed by atoms with E-state index < -0.39 is 0 Å². The third kappa shape index (κ3) is 4.25. The first-order valence-electron chi connectivity index (χ1n) is 10.2. The average Bonchev–Trinajstić information content (AvgIpc) is 3.40. The van der Waals surface area contributed by atoms with Crippen LogP contribution in [-0.2, 0) is 11.2 Å². The lowest BCUT2D eigenvalue weighted by Gasteiger charge is -2.31. The van der Waals surface area contributed by atoms with Crippen molar-refractivity contribution in [3.8, 4) is 5.69 Å². The van der Waals surface area contributed by atoms with Crippen molar-refractivity contribution in [2.75, 3.05) is 4.90 Å². The van der Waals surface area contributed by atoms with Crippen LogP contribution >= 0.6 is 0 Å². The fraction of sp³-hybridized carbons (Fsp3) is 0.304. The first-order chi connectivity index (χ1) is 14.5. The third-order valence-corrected chi connectivity index (χ3v) is 5.24. The number of hydrogen-bond donors (Lipinski definition) is 1. The molecule has 0 saturated heterocycles. The highest BCUT2D eigenvalue weighted by Crippen LogP contribution is 2.26. The number of anilines is 1. The van der Waals surface area contributed by atoms with Crippen LogP contribution in [0.2, 0.25) is 0 Å². The number of nitrogens with zero attached hydrogens (tertiary/aromatic N) is 5. The van der Waals surface area contributed by atoms with Crippen molar-refractivity contribution in [3.05, 3.63) is 66.6 Å². The molecular weight excluding hydrogens is 376 g/mol. The largest absolute Gasteiger partial charge is 0.361 e. The summed E-state index contributed by atoms with van der Waals surface area (Å²) >= 11 is 0. The molecule has 154 valence electrons. The third-order valence-electron chi connectivity index (χ3n) is 5.24. The SMILES string of the molecule is CC(C)C[C@@H](C)N(C(=O)Cc1ccc(-n2cnnn2)cc1)c1ccc2[nH]ccc2c1. The van der Waals surface area contributed by atoms with E-state index in [9.17, 15) is 4.79 Å². The lowest BCUT2D eigenvalue weighted by Crippen LogP contribution is -2.40. The van der Waals surface area contributed by atoms with Crippen molar-refractivity contribution in [1.82, 2.24) is 25.2 Å². The molecule has 0 aliphatic carbocycles. The molecule has 1 amide bonds.